The number of aromatic hydroxyl groups is 1. The molecule has 0 amide bonds. The van der Waals surface area contributed by atoms with E-state index in [-0.39, 0.29) is 5.75 Å². The van der Waals surface area contributed by atoms with Crippen LogP contribution in [0.15, 0.2) is 60.9 Å². The Morgan fingerprint density at radius 2 is 1.92 bits per heavy atom. The maximum atomic E-state index is 10.3. The summed E-state index contributed by atoms with van der Waals surface area (Å²) in [5, 5.41) is 10.7. The van der Waals surface area contributed by atoms with Crippen molar-refractivity contribution in [3.05, 3.63) is 65.9 Å². The smallest absolute Gasteiger partial charge is 0.150 e. The third-order valence-electron chi connectivity index (χ3n) is 3.98. The van der Waals surface area contributed by atoms with Gasteiger partial charge >= 0.3 is 0 Å². The molecule has 0 aliphatic rings. The minimum atomic E-state index is 0.0720. The normalized spacial score (nSPS) is 11.0. The fourth-order valence-electron chi connectivity index (χ4n) is 2.86. The van der Waals surface area contributed by atoms with Gasteiger partial charge in [-0.15, -0.1) is 0 Å². The van der Waals surface area contributed by atoms with Crippen molar-refractivity contribution in [1.82, 2.24) is 14.4 Å². The zero-order valence-corrected chi connectivity index (χ0v) is 14.1. The molecule has 0 unspecified atom stereocenters. The largest absolute Gasteiger partial charge is 0.507 e. The van der Waals surface area contributed by atoms with Gasteiger partial charge in [0.2, 0.25) is 0 Å². The number of methoxy groups -OCH3 is 1. The Morgan fingerprint density at radius 1 is 1.04 bits per heavy atom. The summed E-state index contributed by atoms with van der Waals surface area (Å²) in [6.45, 7) is 0. The predicted molar refractivity (Wildman–Crippen MR) is 97.1 cm³/mol. The summed E-state index contributed by atoms with van der Waals surface area (Å²) in [5.74, 6) is 1.24. The lowest BCUT2D eigenvalue weighted by molar-refractivity contribution is 0.414. The highest BCUT2D eigenvalue weighted by Gasteiger charge is 2.21. The van der Waals surface area contributed by atoms with E-state index in [1.807, 2.05) is 34.9 Å². The van der Waals surface area contributed by atoms with Crippen molar-refractivity contribution >= 4 is 17.1 Å². The van der Waals surface area contributed by atoms with E-state index in [9.17, 15) is 5.11 Å². The highest BCUT2D eigenvalue weighted by Crippen LogP contribution is 2.39. The lowest BCUT2D eigenvalue weighted by Crippen LogP contribution is -1.91. The van der Waals surface area contributed by atoms with Crippen LogP contribution >= 0.6 is 11.6 Å². The summed E-state index contributed by atoms with van der Waals surface area (Å²) in [4.78, 5) is 9.16. The minimum Gasteiger partial charge on any atom is -0.507 e. The van der Waals surface area contributed by atoms with Crippen molar-refractivity contribution in [3.8, 4) is 34.3 Å². The second-order valence-corrected chi connectivity index (χ2v) is 5.84. The van der Waals surface area contributed by atoms with Crippen LogP contribution in [0.25, 0.3) is 28.3 Å². The van der Waals surface area contributed by atoms with Gasteiger partial charge < -0.3 is 9.84 Å². The number of phenolic OH excluding ortho intramolecular Hbond substituents is 1. The molecule has 25 heavy (non-hydrogen) atoms. The molecule has 1 N–H and O–H groups in total. The number of imidazole rings is 1. The first kappa shape index (κ1) is 15.5. The van der Waals surface area contributed by atoms with Gasteiger partial charge in [0.1, 0.15) is 22.9 Å². The number of ether oxygens (including phenoxy) is 1. The highest BCUT2D eigenvalue weighted by molar-refractivity contribution is 6.33. The minimum absolute atomic E-state index is 0.0720. The third-order valence-corrected chi connectivity index (χ3v) is 4.29. The molecule has 0 bridgehead atoms. The fraction of sp³-hybridized carbons (Fsp3) is 0.0526. The lowest BCUT2D eigenvalue weighted by atomic mass is 10.2. The van der Waals surface area contributed by atoms with Crippen molar-refractivity contribution in [2.75, 3.05) is 7.11 Å². The Kier molecular flexibility index (Phi) is 3.78. The van der Waals surface area contributed by atoms with Gasteiger partial charge in [-0.3, -0.25) is 9.38 Å². The number of nitrogens with zero attached hydrogens (tertiary/aromatic N) is 3. The van der Waals surface area contributed by atoms with Crippen LogP contribution in [0.4, 0.5) is 0 Å². The highest BCUT2D eigenvalue weighted by atomic mass is 35.5. The molecule has 0 radical (unpaired) electrons. The summed E-state index contributed by atoms with van der Waals surface area (Å²) in [7, 11) is 1.60. The van der Waals surface area contributed by atoms with E-state index in [2.05, 4.69) is 4.98 Å². The van der Waals surface area contributed by atoms with E-state index in [0.29, 0.717) is 33.5 Å². The molecule has 5 nitrogen and oxygen atoms in total. The SMILES string of the molecule is COc1cccnc1-c1nc(-c2c(O)cccc2Cl)n2ccccc12. The molecule has 4 aromatic rings. The van der Waals surface area contributed by atoms with E-state index < -0.39 is 0 Å². The number of pyridine rings is 2. The maximum Gasteiger partial charge on any atom is 0.150 e. The van der Waals surface area contributed by atoms with E-state index in [1.54, 1.807) is 37.6 Å². The van der Waals surface area contributed by atoms with Gasteiger partial charge in [0.05, 0.1) is 23.2 Å². The number of hydrogen-bond donors (Lipinski definition) is 1. The lowest BCUT2D eigenvalue weighted by Gasteiger charge is -2.05. The predicted octanol–water partition coefficient (Wildman–Crippen LogP) is 4.43. The van der Waals surface area contributed by atoms with Crippen LogP contribution in [0, 0.1) is 0 Å². The Balaban J connectivity index is 2.06. The Labute approximate surface area is 149 Å². The first-order valence-corrected chi connectivity index (χ1v) is 8.03. The van der Waals surface area contributed by atoms with Gasteiger partial charge in [0, 0.05) is 12.4 Å². The van der Waals surface area contributed by atoms with Crippen LogP contribution in [0.3, 0.4) is 0 Å². The molecule has 3 heterocycles. The summed E-state index contributed by atoms with van der Waals surface area (Å²) in [5.41, 5.74) is 2.61. The first-order chi connectivity index (χ1) is 12.2. The first-order valence-electron chi connectivity index (χ1n) is 7.65. The molecule has 124 valence electrons. The van der Waals surface area contributed by atoms with Crippen molar-refractivity contribution in [2.45, 2.75) is 0 Å². The van der Waals surface area contributed by atoms with Crippen molar-refractivity contribution in [2.24, 2.45) is 0 Å². The Hall–Kier alpha value is -3.05. The molecular formula is C19H14ClN3O2. The average molecular weight is 352 g/mol. The monoisotopic (exact) mass is 351 g/mol. The number of aromatic nitrogens is 3. The molecule has 1 aromatic carbocycles. The number of halogens is 1. The number of benzene rings is 1. The van der Waals surface area contributed by atoms with E-state index >= 15 is 0 Å². The molecule has 0 saturated heterocycles. The van der Waals surface area contributed by atoms with Crippen LogP contribution in [-0.4, -0.2) is 26.6 Å². The fourth-order valence-corrected chi connectivity index (χ4v) is 3.11. The summed E-state index contributed by atoms with van der Waals surface area (Å²) >= 11 is 6.32. The topological polar surface area (TPSA) is 59.7 Å². The zero-order valence-electron chi connectivity index (χ0n) is 13.3. The van der Waals surface area contributed by atoms with Crippen LogP contribution in [-0.2, 0) is 0 Å². The van der Waals surface area contributed by atoms with Gasteiger partial charge in [-0.25, -0.2) is 4.98 Å². The molecule has 4 rings (SSSR count). The quantitative estimate of drug-likeness (QED) is 0.593. The molecular weight excluding hydrogens is 338 g/mol. The second-order valence-electron chi connectivity index (χ2n) is 5.43. The molecule has 0 aliphatic heterocycles. The standard InChI is InChI=1S/C19H14ClN3O2/c1-25-15-9-5-10-21-18(15)17-13-7-2-3-11-23(13)19(22-17)16-12(20)6-4-8-14(16)24/h2-11,24H,1H3. The van der Waals surface area contributed by atoms with Crippen LogP contribution in [0.5, 0.6) is 11.5 Å². The number of phenols is 1. The van der Waals surface area contributed by atoms with E-state index in [4.69, 9.17) is 21.3 Å². The van der Waals surface area contributed by atoms with Crippen LogP contribution in [0.2, 0.25) is 5.02 Å². The van der Waals surface area contributed by atoms with Gasteiger partial charge in [-0.2, -0.15) is 0 Å². The molecule has 6 heteroatoms. The zero-order chi connectivity index (χ0) is 17.4. The van der Waals surface area contributed by atoms with Gasteiger partial charge in [-0.1, -0.05) is 23.7 Å². The second kappa shape index (κ2) is 6.11. The average Bonchev–Trinajstić information content (AvgIpc) is 3.01. The summed E-state index contributed by atoms with van der Waals surface area (Å²) in [6.07, 6.45) is 3.57. The Morgan fingerprint density at radius 3 is 2.72 bits per heavy atom. The third kappa shape index (κ3) is 2.49. The molecule has 0 saturated carbocycles. The van der Waals surface area contributed by atoms with Gasteiger partial charge in [-0.05, 0) is 36.4 Å². The Bertz CT molecular complexity index is 1060. The molecule has 0 atom stereocenters. The van der Waals surface area contributed by atoms with Crippen molar-refractivity contribution < 1.29 is 9.84 Å². The molecule has 0 spiro atoms. The van der Waals surface area contributed by atoms with E-state index in [1.165, 1.54) is 0 Å². The van der Waals surface area contributed by atoms with Crippen LogP contribution in [0.1, 0.15) is 0 Å². The van der Waals surface area contributed by atoms with Crippen LogP contribution < -0.4 is 4.74 Å². The summed E-state index contributed by atoms with van der Waals surface area (Å²) < 4.78 is 7.30. The van der Waals surface area contributed by atoms with E-state index in [0.717, 1.165) is 5.52 Å². The van der Waals surface area contributed by atoms with Gasteiger partial charge in [0.15, 0.2) is 5.82 Å². The van der Waals surface area contributed by atoms with Gasteiger partial charge in [0.25, 0.3) is 0 Å². The number of fused-ring (bicyclic) bond motifs is 1. The number of hydrogen-bond acceptors (Lipinski definition) is 4. The maximum absolute atomic E-state index is 10.3. The summed E-state index contributed by atoms with van der Waals surface area (Å²) in [6, 6.07) is 14.4. The molecule has 0 aliphatic carbocycles. The molecule has 3 aromatic heterocycles. The van der Waals surface area contributed by atoms with Crippen molar-refractivity contribution in [1.29, 1.82) is 0 Å². The van der Waals surface area contributed by atoms with Crippen molar-refractivity contribution in [3.63, 3.8) is 0 Å². The molecule has 0 fully saturated rings. The number of rotatable bonds is 3.